The monoisotopic (exact) mass is 393 g/mol. The number of amides is 1. The van der Waals surface area contributed by atoms with Gasteiger partial charge in [-0.2, -0.15) is 0 Å². The molecular formula is C13H16INO3S. The molecule has 0 bridgehead atoms. The third kappa shape index (κ3) is 3.68. The van der Waals surface area contributed by atoms with Crippen LogP contribution in [0.4, 0.5) is 0 Å². The minimum absolute atomic E-state index is 0.0214. The molecule has 1 aliphatic heterocycles. The van der Waals surface area contributed by atoms with Gasteiger partial charge < -0.3 is 9.64 Å². The van der Waals surface area contributed by atoms with E-state index in [-0.39, 0.29) is 17.8 Å². The van der Waals surface area contributed by atoms with E-state index in [2.05, 4.69) is 22.6 Å². The number of likely N-dealkylation sites (tertiary alicyclic amines) is 1. The summed E-state index contributed by atoms with van der Waals surface area (Å²) in [6.07, 6.45) is 1.67. The molecule has 1 aliphatic rings. The normalized spacial score (nSPS) is 19.3. The fraction of sp³-hybridized carbons (Fsp3) is 0.538. The Kier molecular flexibility index (Phi) is 5.20. The largest absolute Gasteiger partial charge is 0.466 e. The lowest BCUT2D eigenvalue weighted by molar-refractivity contribution is -0.149. The van der Waals surface area contributed by atoms with Gasteiger partial charge in [0.1, 0.15) is 0 Å². The molecule has 4 nitrogen and oxygen atoms in total. The number of esters is 1. The number of thiophene rings is 1. The highest BCUT2D eigenvalue weighted by Crippen LogP contribution is 2.22. The lowest BCUT2D eigenvalue weighted by Gasteiger charge is -2.31. The summed E-state index contributed by atoms with van der Waals surface area (Å²) in [5.74, 6) is -0.330. The van der Waals surface area contributed by atoms with Gasteiger partial charge in [0.2, 0.25) is 0 Å². The predicted molar refractivity (Wildman–Crippen MR) is 82.3 cm³/mol. The number of rotatable bonds is 3. The maximum atomic E-state index is 12.3. The van der Waals surface area contributed by atoms with Gasteiger partial charge in [0.15, 0.2) is 0 Å². The molecule has 2 heterocycles. The zero-order chi connectivity index (χ0) is 13.8. The highest BCUT2D eigenvalue weighted by molar-refractivity contribution is 14.1. The van der Waals surface area contributed by atoms with E-state index in [1.54, 1.807) is 23.2 Å². The molecule has 1 saturated heterocycles. The molecule has 0 radical (unpaired) electrons. The molecule has 0 aliphatic carbocycles. The smallest absolute Gasteiger partial charge is 0.310 e. The highest BCUT2D eigenvalue weighted by atomic mass is 127. The van der Waals surface area contributed by atoms with E-state index in [1.807, 2.05) is 11.4 Å². The molecule has 1 aromatic rings. The van der Waals surface area contributed by atoms with Crippen LogP contribution in [0.3, 0.4) is 0 Å². The molecule has 0 spiro atoms. The summed E-state index contributed by atoms with van der Waals surface area (Å²) in [6, 6.07) is 1.89. The van der Waals surface area contributed by atoms with Crippen LogP contribution in [0.5, 0.6) is 0 Å². The molecule has 6 heteroatoms. The van der Waals surface area contributed by atoms with E-state index in [0.717, 1.165) is 27.8 Å². The number of piperidine rings is 1. The van der Waals surface area contributed by atoms with Crippen LogP contribution in [0.15, 0.2) is 11.4 Å². The number of halogens is 1. The van der Waals surface area contributed by atoms with Crippen molar-refractivity contribution in [3.8, 4) is 0 Å². The molecule has 104 valence electrons. The predicted octanol–water partition coefficient (Wildman–Crippen LogP) is 2.77. The molecule has 0 saturated carbocycles. The van der Waals surface area contributed by atoms with Crippen molar-refractivity contribution in [3.05, 3.63) is 19.9 Å². The summed E-state index contributed by atoms with van der Waals surface area (Å²) in [7, 11) is 0. The molecule has 0 unspecified atom stereocenters. The van der Waals surface area contributed by atoms with E-state index < -0.39 is 0 Å². The van der Waals surface area contributed by atoms with Crippen LogP contribution in [0.2, 0.25) is 0 Å². The molecule has 1 fully saturated rings. The number of carbonyl (C=O) groups is 2. The highest BCUT2D eigenvalue weighted by Gasteiger charge is 2.29. The number of hydrogen-bond donors (Lipinski definition) is 0. The van der Waals surface area contributed by atoms with Crippen LogP contribution in [0.25, 0.3) is 0 Å². The van der Waals surface area contributed by atoms with Crippen LogP contribution < -0.4 is 0 Å². The summed E-state index contributed by atoms with van der Waals surface area (Å²) in [5, 5.41) is 1.87. The van der Waals surface area contributed by atoms with Gasteiger partial charge in [0.05, 0.1) is 21.0 Å². The standard InChI is InChI=1S/C13H16INO3S/c1-2-18-13(17)9-4-3-5-15(7-9)12(16)10-6-11(14)19-8-10/h6,8-9H,2-5,7H2,1H3/t9-/m0/s1. The summed E-state index contributed by atoms with van der Waals surface area (Å²) < 4.78 is 6.14. The van der Waals surface area contributed by atoms with E-state index in [1.165, 1.54) is 0 Å². The van der Waals surface area contributed by atoms with Crippen molar-refractivity contribution in [3.63, 3.8) is 0 Å². The topological polar surface area (TPSA) is 46.6 Å². The SMILES string of the molecule is CCOC(=O)[C@H]1CCCN(C(=O)c2csc(I)c2)C1. The maximum Gasteiger partial charge on any atom is 0.310 e. The van der Waals surface area contributed by atoms with Crippen molar-refractivity contribution in [1.29, 1.82) is 0 Å². The van der Waals surface area contributed by atoms with Crippen molar-refractivity contribution >= 4 is 45.8 Å². The van der Waals surface area contributed by atoms with Crippen molar-refractivity contribution in [2.24, 2.45) is 5.92 Å². The zero-order valence-electron chi connectivity index (χ0n) is 10.7. The molecule has 0 aromatic carbocycles. The number of carbonyl (C=O) groups excluding carboxylic acids is 2. The van der Waals surface area contributed by atoms with Gasteiger partial charge in [0, 0.05) is 18.5 Å². The van der Waals surface area contributed by atoms with Gasteiger partial charge in [-0.25, -0.2) is 0 Å². The lowest BCUT2D eigenvalue weighted by atomic mass is 9.98. The van der Waals surface area contributed by atoms with E-state index in [0.29, 0.717) is 13.2 Å². The summed E-state index contributed by atoms with van der Waals surface area (Å²) in [4.78, 5) is 25.8. The van der Waals surface area contributed by atoms with Crippen molar-refractivity contribution < 1.29 is 14.3 Å². The van der Waals surface area contributed by atoms with Crippen LogP contribution >= 0.6 is 33.9 Å². The Balaban J connectivity index is 2.01. The number of nitrogens with zero attached hydrogens (tertiary/aromatic N) is 1. The Morgan fingerprint density at radius 1 is 1.58 bits per heavy atom. The first-order chi connectivity index (χ1) is 9.11. The van der Waals surface area contributed by atoms with Crippen molar-refractivity contribution in [1.82, 2.24) is 4.90 Å². The molecule has 1 atom stereocenters. The molecule has 1 amide bonds. The number of hydrogen-bond acceptors (Lipinski definition) is 4. The minimum Gasteiger partial charge on any atom is -0.466 e. The van der Waals surface area contributed by atoms with E-state index >= 15 is 0 Å². The fourth-order valence-corrected chi connectivity index (χ4v) is 3.54. The maximum absolute atomic E-state index is 12.3. The van der Waals surface area contributed by atoms with Gasteiger partial charge in [-0.3, -0.25) is 9.59 Å². The summed E-state index contributed by atoms with van der Waals surface area (Å²) in [6.45, 7) is 3.40. The Labute approximate surface area is 130 Å². The first-order valence-corrected chi connectivity index (χ1v) is 8.27. The average Bonchev–Trinajstić information content (AvgIpc) is 2.85. The van der Waals surface area contributed by atoms with Gasteiger partial charge in [-0.15, -0.1) is 11.3 Å². The van der Waals surface area contributed by atoms with Crippen molar-refractivity contribution in [2.45, 2.75) is 19.8 Å². The van der Waals surface area contributed by atoms with Gasteiger partial charge in [-0.1, -0.05) is 0 Å². The number of ether oxygens (including phenoxy) is 1. The zero-order valence-corrected chi connectivity index (χ0v) is 13.7. The second-order valence-electron chi connectivity index (χ2n) is 4.48. The molecule has 0 N–H and O–H groups in total. The molecule has 19 heavy (non-hydrogen) atoms. The minimum atomic E-state index is -0.181. The van der Waals surface area contributed by atoms with Gasteiger partial charge in [0.25, 0.3) is 5.91 Å². The van der Waals surface area contributed by atoms with E-state index in [9.17, 15) is 9.59 Å². The van der Waals surface area contributed by atoms with Gasteiger partial charge in [-0.05, 0) is 48.4 Å². The molecule has 2 rings (SSSR count). The van der Waals surface area contributed by atoms with Crippen LogP contribution in [-0.2, 0) is 9.53 Å². The lowest BCUT2D eigenvalue weighted by Crippen LogP contribution is -2.42. The Bertz CT molecular complexity index is 474. The third-order valence-corrected chi connectivity index (χ3v) is 4.93. The third-order valence-electron chi connectivity index (χ3n) is 3.14. The Morgan fingerprint density at radius 3 is 3.00 bits per heavy atom. The molecule has 1 aromatic heterocycles. The van der Waals surface area contributed by atoms with E-state index in [4.69, 9.17) is 4.74 Å². The Hall–Kier alpha value is -0.630. The Morgan fingerprint density at radius 2 is 2.37 bits per heavy atom. The van der Waals surface area contributed by atoms with Crippen LogP contribution in [0, 0.1) is 8.80 Å². The molecular weight excluding hydrogens is 377 g/mol. The van der Waals surface area contributed by atoms with Crippen molar-refractivity contribution in [2.75, 3.05) is 19.7 Å². The summed E-state index contributed by atoms with van der Waals surface area (Å²) in [5.41, 5.74) is 0.721. The quantitative estimate of drug-likeness (QED) is 0.586. The second kappa shape index (κ2) is 6.69. The van der Waals surface area contributed by atoms with Crippen LogP contribution in [-0.4, -0.2) is 36.5 Å². The first-order valence-electron chi connectivity index (χ1n) is 6.31. The first kappa shape index (κ1) is 14.8. The van der Waals surface area contributed by atoms with Gasteiger partial charge >= 0.3 is 5.97 Å². The average molecular weight is 393 g/mol. The second-order valence-corrected chi connectivity index (χ2v) is 7.29. The van der Waals surface area contributed by atoms with Crippen LogP contribution in [0.1, 0.15) is 30.1 Å². The fourth-order valence-electron chi connectivity index (χ4n) is 2.22. The summed E-state index contributed by atoms with van der Waals surface area (Å²) >= 11 is 3.76.